The van der Waals surface area contributed by atoms with Gasteiger partial charge in [-0.2, -0.15) is 0 Å². The van der Waals surface area contributed by atoms with Crippen LogP contribution in [-0.4, -0.2) is 57.0 Å². The van der Waals surface area contributed by atoms with Crippen molar-refractivity contribution in [2.45, 2.75) is 18.4 Å². The van der Waals surface area contributed by atoms with E-state index in [0.29, 0.717) is 18.7 Å². The maximum Gasteiger partial charge on any atom is 0.274 e. The smallest absolute Gasteiger partial charge is 0.274 e. The highest BCUT2D eigenvalue weighted by molar-refractivity contribution is 5.53. The summed E-state index contributed by atoms with van der Waals surface area (Å²) in [5, 5.41) is 9.57. The molecular weight excluding hydrogens is 360 g/mol. The number of hydrogen-bond acceptors (Lipinski definition) is 6. The average Bonchev–Trinajstić information content (AvgIpc) is 2.72. The number of pyridine rings is 1. The van der Waals surface area contributed by atoms with Gasteiger partial charge in [0.05, 0.1) is 26.4 Å². The summed E-state index contributed by atoms with van der Waals surface area (Å²) in [6.45, 7) is 0.544. The predicted octanol–water partition coefficient (Wildman–Crippen LogP) is 1.85. The number of aliphatic hydroxyl groups excluding tert-OH is 1. The zero-order chi connectivity index (χ0) is 20.5. The Balaban J connectivity index is 2.26. The standard InChI is InChI=1S/C21H28N2O5/c1-22(13-17(10-12-24)16-6-8-19(28-3)9-7-16)20-5-4-11-23(21(20)26)18(14-25)15-27-2/h4-9,11-12,17-18,25H,10,13-15H2,1-3H3. The summed E-state index contributed by atoms with van der Waals surface area (Å²) in [5.74, 6) is 0.690. The topological polar surface area (TPSA) is 81.0 Å². The van der Waals surface area contributed by atoms with Crippen LogP contribution in [-0.2, 0) is 9.53 Å². The van der Waals surface area contributed by atoms with Crippen LogP contribution < -0.4 is 15.2 Å². The molecule has 0 aliphatic carbocycles. The molecule has 152 valence electrons. The number of hydrogen-bond donors (Lipinski definition) is 1. The monoisotopic (exact) mass is 388 g/mol. The molecule has 28 heavy (non-hydrogen) atoms. The van der Waals surface area contributed by atoms with Gasteiger partial charge in [-0.1, -0.05) is 12.1 Å². The van der Waals surface area contributed by atoms with E-state index in [-0.39, 0.29) is 24.7 Å². The van der Waals surface area contributed by atoms with Gasteiger partial charge in [-0.25, -0.2) is 0 Å². The predicted molar refractivity (Wildman–Crippen MR) is 108 cm³/mol. The number of aromatic nitrogens is 1. The molecule has 2 aromatic rings. The van der Waals surface area contributed by atoms with Crippen LogP contribution in [0.15, 0.2) is 47.4 Å². The third-order valence-corrected chi connectivity index (χ3v) is 4.79. The molecule has 1 heterocycles. The van der Waals surface area contributed by atoms with Crippen molar-refractivity contribution < 1.29 is 19.4 Å². The Hall–Kier alpha value is -2.64. The minimum atomic E-state index is -0.446. The minimum absolute atomic E-state index is 0.0610. The second-order valence-electron chi connectivity index (χ2n) is 6.65. The van der Waals surface area contributed by atoms with Crippen LogP contribution >= 0.6 is 0 Å². The van der Waals surface area contributed by atoms with Crippen LogP contribution in [0.2, 0.25) is 0 Å². The van der Waals surface area contributed by atoms with Crippen molar-refractivity contribution in [1.29, 1.82) is 0 Å². The molecule has 0 saturated carbocycles. The van der Waals surface area contributed by atoms with Gasteiger partial charge in [-0.15, -0.1) is 0 Å². The number of anilines is 1. The van der Waals surface area contributed by atoms with Crippen LogP contribution in [0.4, 0.5) is 5.69 Å². The number of benzene rings is 1. The number of aliphatic hydroxyl groups is 1. The summed E-state index contributed by atoms with van der Waals surface area (Å²) in [6.07, 6.45) is 2.89. The summed E-state index contributed by atoms with van der Waals surface area (Å²) in [6, 6.07) is 10.7. The first-order valence-corrected chi connectivity index (χ1v) is 9.15. The van der Waals surface area contributed by atoms with Gasteiger partial charge in [0.25, 0.3) is 5.56 Å². The molecule has 0 bridgehead atoms. The maximum atomic E-state index is 12.9. The second-order valence-corrected chi connectivity index (χ2v) is 6.65. The Bertz CT molecular complexity index is 803. The quantitative estimate of drug-likeness (QED) is 0.592. The van der Waals surface area contributed by atoms with Gasteiger partial charge in [0.1, 0.15) is 17.7 Å². The largest absolute Gasteiger partial charge is 0.497 e. The molecule has 1 aromatic carbocycles. The van der Waals surface area contributed by atoms with E-state index >= 15 is 0 Å². The van der Waals surface area contributed by atoms with Gasteiger partial charge in [0.15, 0.2) is 0 Å². The zero-order valence-corrected chi connectivity index (χ0v) is 16.6. The first-order valence-electron chi connectivity index (χ1n) is 9.15. The van der Waals surface area contributed by atoms with Gasteiger partial charge in [-0.05, 0) is 29.8 Å². The van der Waals surface area contributed by atoms with Crippen molar-refractivity contribution in [2.24, 2.45) is 0 Å². The molecule has 0 saturated heterocycles. The minimum Gasteiger partial charge on any atom is -0.497 e. The fourth-order valence-corrected chi connectivity index (χ4v) is 3.23. The maximum absolute atomic E-state index is 12.9. The summed E-state index contributed by atoms with van der Waals surface area (Å²) < 4.78 is 11.8. The Kier molecular flexibility index (Phi) is 8.22. The van der Waals surface area contributed by atoms with E-state index in [4.69, 9.17) is 9.47 Å². The lowest BCUT2D eigenvalue weighted by atomic mass is 9.95. The lowest BCUT2D eigenvalue weighted by Crippen LogP contribution is -2.35. The molecular formula is C21H28N2O5. The Morgan fingerprint density at radius 1 is 1.21 bits per heavy atom. The molecule has 1 N–H and O–H groups in total. The van der Waals surface area contributed by atoms with Gasteiger partial charge in [0.2, 0.25) is 0 Å². The fourth-order valence-electron chi connectivity index (χ4n) is 3.23. The Morgan fingerprint density at radius 3 is 2.50 bits per heavy atom. The van der Waals surface area contributed by atoms with Crippen LogP contribution in [0.1, 0.15) is 23.9 Å². The molecule has 0 fully saturated rings. The molecule has 2 unspecified atom stereocenters. The van der Waals surface area contributed by atoms with Crippen molar-refractivity contribution in [3.63, 3.8) is 0 Å². The van der Waals surface area contributed by atoms with Crippen LogP contribution in [0.5, 0.6) is 5.75 Å². The number of methoxy groups -OCH3 is 2. The molecule has 0 aliphatic heterocycles. The molecule has 0 radical (unpaired) electrons. The number of carbonyl (C=O) groups is 1. The van der Waals surface area contributed by atoms with Crippen LogP contribution in [0, 0.1) is 0 Å². The molecule has 2 atom stereocenters. The number of ether oxygens (including phenoxy) is 2. The zero-order valence-electron chi connectivity index (χ0n) is 16.6. The lowest BCUT2D eigenvalue weighted by Gasteiger charge is -2.26. The highest BCUT2D eigenvalue weighted by Gasteiger charge is 2.19. The first-order chi connectivity index (χ1) is 13.5. The van der Waals surface area contributed by atoms with Crippen molar-refractivity contribution in [3.8, 4) is 5.75 Å². The van der Waals surface area contributed by atoms with E-state index < -0.39 is 6.04 Å². The summed E-state index contributed by atoms with van der Waals surface area (Å²) in [5.41, 5.74) is 1.30. The molecule has 0 amide bonds. The normalized spacial score (nSPS) is 13.0. The summed E-state index contributed by atoms with van der Waals surface area (Å²) >= 11 is 0. The van der Waals surface area contributed by atoms with Gasteiger partial charge in [0, 0.05) is 39.2 Å². The van der Waals surface area contributed by atoms with Crippen molar-refractivity contribution in [2.75, 3.05) is 45.9 Å². The van der Waals surface area contributed by atoms with Crippen LogP contribution in [0.3, 0.4) is 0 Å². The molecule has 7 heteroatoms. The molecule has 0 aliphatic rings. The Morgan fingerprint density at radius 2 is 1.93 bits per heavy atom. The number of carbonyl (C=O) groups excluding carboxylic acids is 1. The fraction of sp³-hybridized carbons (Fsp3) is 0.429. The number of aldehydes is 1. The Labute approximate surface area is 165 Å². The lowest BCUT2D eigenvalue weighted by molar-refractivity contribution is -0.108. The van der Waals surface area contributed by atoms with Gasteiger partial charge < -0.3 is 28.8 Å². The van der Waals surface area contributed by atoms with E-state index in [9.17, 15) is 14.7 Å². The van der Waals surface area contributed by atoms with E-state index in [0.717, 1.165) is 17.6 Å². The number of nitrogens with zero attached hydrogens (tertiary/aromatic N) is 2. The molecule has 1 aromatic heterocycles. The van der Waals surface area contributed by atoms with Gasteiger partial charge >= 0.3 is 0 Å². The first kappa shape index (κ1) is 21.7. The van der Waals surface area contributed by atoms with E-state index in [1.54, 1.807) is 25.4 Å². The van der Waals surface area contributed by atoms with E-state index in [1.165, 1.54) is 11.7 Å². The third-order valence-electron chi connectivity index (χ3n) is 4.79. The molecule has 0 spiro atoms. The highest BCUT2D eigenvalue weighted by atomic mass is 16.5. The highest BCUT2D eigenvalue weighted by Crippen LogP contribution is 2.24. The van der Waals surface area contributed by atoms with Crippen molar-refractivity contribution >= 4 is 12.0 Å². The van der Waals surface area contributed by atoms with Crippen molar-refractivity contribution in [3.05, 3.63) is 58.5 Å². The summed E-state index contributed by atoms with van der Waals surface area (Å²) in [4.78, 5) is 26.0. The molecule has 7 nitrogen and oxygen atoms in total. The number of rotatable bonds is 11. The molecule has 2 rings (SSSR count). The second kappa shape index (κ2) is 10.6. The van der Waals surface area contributed by atoms with Gasteiger partial charge in [-0.3, -0.25) is 4.79 Å². The SMILES string of the molecule is COCC(CO)n1cccc(N(C)CC(CC=O)c2ccc(OC)cc2)c1=O. The third kappa shape index (κ3) is 5.21. The van der Waals surface area contributed by atoms with Crippen molar-refractivity contribution in [1.82, 2.24) is 4.57 Å². The average molecular weight is 388 g/mol. The summed E-state index contributed by atoms with van der Waals surface area (Å²) in [7, 11) is 4.96. The number of likely N-dealkylation sites (N-methyl/N-ethyl adjacent to an activating group) is 1. The van der Waals surface area contributed by atoms with E-state index in [1.807, 2.05) is 36.2 Å². The van der Waals surface area contributed by atoms with Crippen LogP contribution in [0.25, 0.3) is 0 Å². The van der Waals surface area contributed by atoms with E-state index in [2.05, 4.69) is 0 Å².